The maximum atomic E-state index is 6.67. The van der Waals surface area contributed by atoms with E-state index in [2.05, 4.69) is 46.6 Å². The first-order chi connectivity index (χ1) is 8.20. The Bertz CT molecular complexity index is 265. The van der Waals surface area contributed by atoms with Crippen molar-refractivity contribution in [3.63, 3.8) is 0 Å². The van der Waals surface area contributed by atoms with Crippen molar-refractivity contribution in [3.05, 3.63) is 13.8 Å². The minimum Gasteiger partial charge on any atom is -0.343 e. The fraction of sp³-hybridized carbons (Fsp3) is 0.875. The van der Waals surface area contributed by atoms with Gasteiger partial charge in [0.25, 0.3) is 0 Å². The van der Waals surface area contributed by atoms with Crippen LogP contribution in [0.25, 0.3) is 0 Å². The van der Waals surface area contributed by atoms with Crippen LogP contribution in [-0.2, 0) is 32.7 Å². The summed E-state index contributed by atoms with van der Waals surface area (Å²) in [6, 6.07) is 0. The zero-order valence-electron chi connectivity index (χ0n) is 13.4. The Kier molecular flexibility index (Phi) is 8.42. The molecule has 1 aliphatic heterocycles. The van der Waals surface area contributed by atoms with Gasteiger partial charge >= 0.3 is 0 Å². The van der Waals surface area contributed by atoms with Crippen LogP contribution in [0.2, 0.25) is 5.31 Å². The van der Waals surface area contributed by atoms with Crippen LogP contribution >= 0.6 is 0 Å². The van der Waals surface area contributed by atoms with Crippen molar-refractivity contribution in [2.24, 2.45) is 17.3 Å². The van der Waals surface area contributed by atoms with Crippen molar-refractivity contribution in [1.29, 1.82) is 0 Å². The molecule has 107 valence electrons. The SMILES string of the molecule is [B]C1(C)CC(C)CCN(C)CC1([CH2-])CC(C)C[CH2-].[Y]. The summed E-state index contributed by atoms with van der Waals surface area (Å²) in [5.74, 6) is 1.27. The standard InChI is InChI=1S/C16H30BN.Y/c1-7-13(2)10-15(4)12-18(6)9-8-14(3)11-16(15,5)17;/h13-14H,1,4,7-12H2,2-3,5-6H3;/q-2;. The summed E-state index contributed by atoms with van der Waals surface area (Å²) in [7, 11) is 8.87. The molecule has 3 heteroatoms. The molecule has 1 aliphatic rings. The molecule has 19 heavy (non-hydrogen) atoms. The van der Waals surface area contributed by atoms with E-state index < -0.39 is 0 Å². The van der Waals surface area contributed by atoms with E-state index in [0.29, 0.717) is 11.8 Å². The quantitative estimate of drug-likeness (QED) is 0.560. The molecule has 4 atom stereocenters. The summed E-state index contributed by atoms with van der Waals surface area (Å²) in [6.45, 7) is 17.5. The predicted molar refractivity (Wildman–Crippen MR) is 81.6 cm³/mol. The molecule has 1 saturated heterocycles. The van der Waals surface area contributed by atoms with Gasteiger partial charge in [-0.25, -0.2) is 0 Å². The van der Waals surface area contributed by atoms with E-state index in [-0.39, 0.29) is 43.4 Å². The van der Waals surface area contributed by atoms with E-state index in [1.54, 1.807) is 0 Å². The number of nitrogens with zero attached hydrogens (tertiary/aromatic N) is 1. The second-order valence-electron chi connectivity index (χ2n) is 7.13. The van der Waals surface area contributed by atoms with Crippen molar-refractivity contribution < 1.29 is 32.7 Å². The van der Waals surface area contributed by atoms with E-state index >= 15 is 0 Å². The summed E-state index contributed by atoms with van der Waals surface area (Å²) < 4.78 is 0. The number of rotatable bonds is 3. The first-order valence-electron chi connectivity index (χ1n) is 7.32. The maximum Gasteiger partial charge on any atom is 0.0715 e. The second kappa shape index (κ2) is 7.95. The van der Waals surface area contributed by atoms with E-state index in [1.165, 1.54) is 6.42 Å². The van der Waals surface area contributed by atoms with E-state index in [1.807, 2.05) is 0 Å². The van der Waals surface area contributed by atoms with Crippen LogP contribution in [0.4, 0.5) is 0 Å². The fourth-order valence-corrected chi connectivity index (χ4v) is 3.33. The van der Waals surface area contributed by atoms with Gasteiger partial charge in [-0.2, -0.15) is 6.42 Å². The number of likely N-dealkylation sites (tertiary alicyclic amines) is 1. The van der Waals surface area contributed by atoms with Crippen LogP contribution in [0.1, 0.15) is 46.5 Å². The van der Waals surface area contributed by atoms with E-state index in [0.717, 1.165) is 32.4 Å². The fourth-order valence-electron chi connectivity index (χ4n) is 3.33. The molecule has 0 saturated carbocycles. The van der Waals surface area contributed by atoms with Crippen LogP contribution in [0.3, 0.4) is 0 Å². The Morgan fingerprint density at radius 2 is 2.05 bits per heavy atom. The molecule has 1 rings (SSSR count). The monoisotopic (exact) mass is 336 g/mol. The van der Waals surface area contributed by atoms with Gasteiger partial charge in [0.2, 0.25) is 0 Å². The normalized spacial score (nSPS) is 38.9. The minimum atomic E-state index is -0.190. The largest absolute Gasteiger partial charge is 0.343 e. The van der Waals surface area contributed by atoms with Crippen LogP contribution in [0.5, 0.6) is 0 Å². The molecule has 0 aromatic rings. The molecule has 3 radical (unpaired) electrons. The third-order valence-electron chi connectivity index (χ3n) is 4.79. The van der Waals surface area contributed by atoms with Gasteiger partial charge in [0.05, 0.1) is 7.85 Å². The van der Waals surface area contributed by atoms with E-state index in [9.17, 15) is 0 Å². The van der Waals surface area contributed by atoms with E-state index in [4.69, 9.17) is 7.85 Å². The van der Waals surface area contributed by atoms with Gasteiger partial charge in [-0.3, -0.25) is 0 Å². The molecule has 0 bridgehead atoms. The molecule has 1 heterocycles. The molecule has 0 amide bonds. The first kappa shape index (κ1) is 20.1. The summed E-state index contributed by atoms with van der Waals surface area (Å²) in [4.78, 5) is 2.41. The molecule has 1 nitrogen and oxygen atoms in total. The van der Waals surface area contributed by atoms with Crippen molar-refractivity contribution in [3.8, 4) is 0 Å². The molecule has 1 fully saturated rings. The predicted octanol–water partition coefficient (Wildman–Crippen LogP) is 3.76. The Hall–Kier alpha value is 1.13. The molecule has 0 N–H and O–H groups in total. The first-order valence-corrected chi connectivity index (χ1v) is 7.32. The van der Waals surface area contributed by atoms with Crippen LogP contribution in [0, 0.1) is 31.1 Å². The zero-order valence-corrected chi connectivity index (χ0v) is 16.3. The smallest absolute Gasteiger partial charge is 0.0715 e. The molecule has 0 spiro atoms. The molecular weight excluding hydrogens is 306 g/mol. The molecule has 4 unspecified atom stereocenters. The van der Waals surface area contributed by atoms with Crippen molar-refractivity contribution in [1.82, 2.24) is 4.90 Å². The summed E-state index contributed by atoms with van der Waals surface area (Å²) in [5.41, 5.74) is -0.0620. The second-order valence-corrected chi connectivity index (χ2v) is 7.13. The Morgan fingerprint density at radius 1 is 1.47 bits per heavy atom. The minimum absolute atomic E-state index is 0. The van der Waals surface area contributed by atoms with Gasteiger partial charge in [-0.15, -0.1) is 5.41 Å². The topological polar surface area (TPSA) is 3.24 Å². The summed E-state index contributed by atoms with van der Waals surface area (Å²) >= 11 is 0. The molecule has 0 aromatic heterocycles. The Labute approximate surface area is 148 Å². The van der Waals surface area contributed by atoms with Crippen molar-refractivity contribution in [2.45, 2.75) is 51.8 Å². The van der Waals surface area contributed by atoms with Crippen LogP contribution in [-0.4, -0.2) is 32.9 Å². The van der Waals surface area contributed by atoms with Crippen molar-refractivity contribution in [2.75, 3.05) is 20.1 Å². The maximum absolute atomic E-state index is 6.67. The Morgan fingerprint density at radius 3 is 2.58 bits per heavy atom. The number of hydrogen-bond acceptors (Lipinski definition) is 1. The van der Waals surface area contributed by atoms with Crippen LogP contribution in [0.15, 0.2) is 0 Å². The van der Waals surface area contributed by atoms with Gasteiger partial charge < -0.3 is 18.7 Å². The summed E-state index contributed by atoms with van der Waals surface area (Å²) in [6.07, 6.45) is 4.35. The van der Waals surface area contributed by atoms with Gasteiger partial charge in [-0.1, -0.05) is 44.8 Å². The molecule has 0 aliphatic carbocycles. The van der Waals surface area contributed by atoms with Crippen molar-refractivity contribution >= 4 is 7.85 Å². The Balaban J connectivity index is 0.00000324. The van der Waals surface area contributed by atoms with Gasteiger partial charge in [-0.05, 0) is 32.5 Å². The van der Waals surface area contributed by atoms with Gasteiger partial charge in [0.15, 0.2) is 0 Å². The number of hydrogen-bond donors (Lipinski definition) is 0. The zero-order chi connectivity index (χ0) is 14.0. The third kappa shape index (κ3) is 5.44. The average molecular weight is 336 g/mol. The summed E-state index contributed by atoms with van der Waals surface area (Å²) in [5, 5.41) is -0.190. The third-order valence-corrected chi connectivity index (χ3v) is 4.79. The van der Waals surface area contributed by atoms with Gasteiger partial charge in [0, 0.05) is 32.7 Å². The van der Waals surface area contributed by atoms with Crippen LogP contribution < -0.4 is 0 Å². The molecular formula is C16H30BNY-2. The molecule has 0 aromatic carbocycles. The van der Waals surface area contributed by atoms with Gasteiger partial charge in [0.1, 0.15) is 0 Å². The average Bonchev–Trinajstić information content (AvgIpc) is 2.24.